The van der Waals surface area contributed by atoms with Gasteiger partial charge in [0.2, 0.25) is 0 Å². The van der Waals surface area contributed by atoms with E-state index in [2.05, 4.69) is 11.8 Å². The molecule has 18 heavy (non-hydrogen) atoms. The molecule has 2 atom stereocenters. The minimum Gasteiger partial charge on any atom is -0.326 e. The van der Waals surface area contributed by atoms with E-state index in [1.165, 1.54) is 6.07 Å². The molecular weight excluding hydrogens is 234 g/mol. The van der Waals surface area contributed by atoms with Crippen molar-refractivity contribution in [3.8, 4) is 0 Å². The molecule has 0 saturated carbocycles. The first-order chi connectivity index (χ1) is 8.63. The molecule has 0 spiro atoms. The van der Waals surface area contributed by atoms with E-state index in [9.17, 15) is 8.78 Å². The predicted molar refractivity (Wildman–Crippen MR) is 68.6 cm³/mol. The Bertz CT molecular complexity index is 395. The van der Waals surface area contributed by atoms with Gasteiger partial charge < -0.3 is 5.73 Å². The zero-order valence-electron chi connectivity index (χ0n) is 10.7. The van der Waals surface area contributed by atoms with Crippen LogP contribution in [0.15, 0.2) is 24.3 Å². The van der Waals surface area contributed by atoms with Crippen LogP contribution in [-0.4, -0.2) is 24.0 Å². The van der Waals surface area contributed by atoms with Gasteiger partial charge in [-0.05, 0) is 37.6 Å². The fourth-order valence-corrected chi connectivity index (χ4v) is 2.79. The lowest BCUT2D eigenvalue weighted by molar-refractivity contribution is 0.133. The molecule has 1 fully saturated rings. The molecule has 0 aromatic heterocycles. The number of alkyl halides is 2. The minimum absolute atomic E-state index is 0.0339. The van der Waals surface area contributed by atoms with E-state index in [1.807, 2.05) is 6.07 Å². The number of likely N-dealkylation sites (tertiary alicyclic amines) is 1. The average molecular weight is 254 g/mol. The Kier molecular flexibility index (Phi) is 4.30. The first-order valence-electron chi connectivity index (χ1n) is 6.51. The summed E-state index contributed by atoms with van der Waals surface area (Å²) in [7, 11) is 0. The van der Waals surface area contributed by atoms with Crippen molar-refractivity contribution >= 4 is 0 Å². The predicted octanol–water partition coefficient (Wildman–Crippen LogP) is 3.11. The van der Waals surface area contributed by atoms with Gasteiger partial charge in [0.1, 0.15) is 0 Å². The Morgan fingerprint density at radius 3 is 2.89 bits per heavy atom. The maximum atomic E-state index is 12.7. The van der Waals surface area contributed by atoms with Gasteiger partial charge in [-0.2, -0.15) is 0 Å². The van der Waals surface area contributed by atoms with Crippen LogP contribution in [0.4, 0.5) is 8.78 Å². The smallest absolute Gasteiger partial charge is 0.263 e. The second-order valence-corrected chi connectivity index (χ2v) is 4.85. The highest BCUT2D eigenvalue weighted by Crippen LogP contribution is 2.31. The van der Waals surface area contributed by atoms with E-state index in [0.29, 0.717) is 0 Å². The number of likely N-dealkylation sites (N-methyl/N-ethyl adjacent to an activating group) is 1. The monoisotopic (exact) mass is 254 g/mol. The Hall–Kier alpha value is -1.00. The van der Waals surface area contributed by atoms with Gasteiger partial charge in [0.25, 0.3) is 6.43 Å². The molecule has 2 nitrogen and oxygen atoms in total. The number of halogens is 2. The molecule has 2 rings (SSSR count). The number of piperidine rings is 1. The Morgan fingerprint density at radius 1 is 1.44 bits per heavy atom. The summed E-state index contributed by atoms with van der Waals surface area (Å²) >= 11 is 0. The molecule has 100 valence electrons. The van der Waals surface area contributed by atoms with Gasteiger partial charge in [-0.15, -0.1) is 0 Å². The molecule has 0 bridgehead atoms. The maximum absolute atomic E-state index is 12.7. The summed E-state index contributed by atoms with van der Waals surface area (Å²) in [6, 6.07) is 6.78. The van der Waals surface area contributed by atoms with Crippen molar-refractivity contribution in [3.05, 3.63) is 35.4 Å². The first-order valence-corrected chi connectivity index (χ1v) is 6.51. The van der Waals surface area contributed by atoms with Crippen LogP contribution in [0.2, 0.25) is 0 Å². The quantitative estimate of drug-likeness (QED) is 0.898. The molecular formula is C14H20F2N2. The Balaban J connectivity index is 2.29. The van der Waals surface area contributed by atoms with E-state index in [-0.39, 0.29) is 17.6 Å². The van der Waals surface area contributed by atoms with Crippen molar-refractivity contribution < 1.29 is 8.78 Å². The lowest BCUT2D eigenvalue weighted by Gasteiger charge is -2.39. The molecule has 4 heteroatoms. The highest BCUT2D eigenvalue weighted by atomic mass is 19.3. The van der Waals surface area contributed by atoms with Gasteiger partial charge >= 0.3 is 0 Å². The summed E-state index contributed by atoms with van der Waals surface area (Å²) in [6.45, 7) is 3.98. The van der Waals surface area contributed by atoms with Crippen LogP contribution < -0.4 is 5.73 Å². The van der Waals surface area contributed by atoms with E-state index in [0.717, 1.165) is 31.5 Å². The van der Waals surface area contributed by atoms with Gasteiger partial charge in [0, 0.05) is 17.6 Å². The zero-order chi connectivity index (χ0) is 13.1. The third kappa shape index (κ3) is 2.70. The third-order valence-corrected chi connectivity index (χ3v) is 3.69. The number of hydrogen-bond donors (Lipinski definition) is 1. The van der Waals surface area contributed by atoms with Crippen LogP contribution in [0.1, 0.15) is 43.4 Å². The summed E-state index contributed by atoms with van der Waals surface area (Å²) in [6.07, 6.45) is -0.375. The molecule has 2 unspecified atom stereocenters. The summed E-state index contributed by atoms with van der Waals surface area (Å²) in [5.41, 5.74) is 7.18. The first kappa shape index (κ1) is 13.4. The molecule has 0 amide bonds. The van der Waals surface area contributed by atoms with E-state index < -0.39 is 6.43 Å². The lowest BCUT2D eigenvalue weighted by atomic mass is 9.90. The van der Waals surface area contributed by atoms with Gasteiger partial charge in [-0.1, -0.05) is 25.1 Å². The standard InChI is InChI=1S/C14H20F2N2/c1-2-18-8-4-7-12(17)13(18)10-5-3-6-11(9-10)14(15)16/h3,5-6,9,12-14H,2,4,7-8,17H2,1H3. The second-order valence-electron chi connectivity index (χ2n) is 4.85. The van der Waals surface area contributed by atoms with Crippen LogP contribution in [0.5, 0.6) is 0 Å². The summed E-state index contributed by atoms with van der Waals surface area (Å²) in [5.74, 6) is 0. The van der Waals surface area contributed by atoms with Crippen LogP contribution in [0.3, 0.4) is 0 Å². The van der Waals surface area contributed by atoms with Crippen LogP contribution >= 0.6 is 0 Å². The van der Waals surface area contributed by atoms with Gasteiger partial charge in [-0.25, -0.2) is 8.78 Å². The van der Waals surface area contributed by atoms with Gasteiger partial charge in [0.05, 0.1) is 0 Å². The molecule has 0 radical (unpaired) electrons. The molecule has 1 aliphatic heterocycles. The Morgan fingerprint density at radius 2 is 2.22 bits per heavy atom. The molecule has 1 saturated heterocycles. The van der Waals surface area contributed by atoms with Gasteiger partial charge in [0.15, 0.2) is 0 Å². The number of nitrogens with zero attached hydrogens (tertiary/aromatic N) is 1. The van der Waals surface area contributed by atoms with E-state index >= 15 is 0 Å². The molecule has 1 heterocycles. The molecule has 1 aromatic carbocycles. The van der Waals surface area contributed by atoms with Crippen molar-refractivity contribution in [3.63, 3.8) is 0 Å². The van der Waals surface area contributed by atoms with Crippen LogP contribution in [0, 0.1) is 0 Å². The van der Waals surface area contributed by atoms with Crippen molar-refractivity contribution in [1.82, 2.24) is 4.90 Å². The van der Waals surface area contributed by atoms with Crippen molar-refractivity contribution in [2.45, 2.75) is 38.3 Å². The van der Waals surface area contributed by atoms with E-state index in [4.69, 9.17) is 5.73 Å². The SMILES string of the molecule is CCN1CCCC(N)C1c1cccc(C(F)F)c1. The van der Waals surface area contributed by atoms with Crippen molar-refractivity contribution in [2.75, 3.05) is 13.1 Å². The third-order valence-electron chi connectivity index (χ3n) is 3.69. The summed E-state index contributed by atoms with van der Waals surface area (Å²) in [4.78, 5) is 2.28. The zero-order valence-corrected chi connectivity index (χ0v) is 10.7. The topological polar surface area (TPSA) is 29.3 Å². The second kappa shape index (κ2) is 5.76. The number of nitrogens with two attached hydrogens (primary N) is 1. The number of benzene rings is 1. The summed E-state index contributed by atoms with van der Waals surface area (Å²) < 4.78 is 25.5. The molecule has 0 aliphatic carbocycles. The van der Waals surface area contributed by atoms with Gasteiger partial charge in [-0.3, -0.25) is 4.90 Å². The maximum Gasteiger partial charge on any atom is 0.263 e. The highest BCUT2D eigenvalue weighted by molar-refractivity contribution is 5.28. The number of hydrogen-bond acceptors (Lipinski definition) is 2. The Labute approximate surface area is 107 Å². The normalized spacial score (nSPS) is 25.6. The van der Waals surface area contributed by atoms with Crippen molar-refractivity contribution in [1.29, 1.82) is 0 Å². The minimum atomic E-state index is -2.42. The molecule has 2 N–H and O–H groups in total. The fourth-order valence-electron chi connectivity index (χ4n) is 2.79. The van der Waals surface area contributed by atoms with E-state index in [1.54, 1.807) is 12.1 Å². The summed E-state index contributed by atoms with van der Waals surface area (Å²) in [5, 5.41) is 0. The fraction of sp³-hybridized carbons (Fsp3) is 0.571. The molecule has 1 aromatic rings. The lowest BCUT2D eigenvalue weighted by Crippen LogP contribution is -2.45. The largest absolute Gasteiger partial charge is 0.326 e. The highest BCUT2D eigenvalue weighted by Gasteiger charge is 2.29. The van der Waals surface area contributed by atoms with Crippen molar-refractivity contribution in [2.24, 2.45) is 5.73 Å². The van der Waals surface area contributed by atoms with Crippen LogP contribution in [-0.2, 0) is 0 Å². The molecule has 1 aliphatic rings. The number of rotatable bonds is 3. The average Bonchev–Trinajstić information content (AvgIpc) is 2.38. The van der Waals surface area contributed by atoms with Crippen LogP contribution in [0.25, 0.3) is 0 Å².